The van der Waals surface area contributed by atoms with E-state index < -0.39 is 13.2 Å². The molecule has 0 aromatic heterocycles. The van der Waals surface area contributed by atoms with Gasteiger partial charge in [-0.1, -0.05) is 0 Å². The van der Waals surface area contributed by atoms with Crippen molar-refractivity contribution >= 4 is 25.0 Å². The Morgan fingerprint density at radius 1 is 1.00 bits per heavy atom. The van der Waals surface area contributed by atoms with E-state index >= 15 is 0 Å². The van der Waals surface area contributed by atoms with Crippen molar-refractivity contribution in [3.05, 3.63) is 0 Å². The van der Waals surface area contributed by atoms with Gasteiger partial charge in [0, 0.05) is 26.2 Å². The first-order valence-electron chi connectivity index (χ1n) is 7.32. The van der Waals surface area contributed by atoms with Crippen LogP contribution in [0.4, 0.5) is 0 Å². The Labute approximate surface area is 134 Å². The molecule has 0 aromatic carbocycles. The van der Waals surface area contributed by atoms with E-state index in [0.29, 0.717) is 58.4 Å². The average Bonchev–Trinajstić information content (AvgIpc) is 2.55. The molecule has 2 saturated heterocycles. The largest absolute Gasteiger partial charge is 0.392 e. The van der Waals surface area contributed by atoms with E-state index in [9.17, 15) is 4.57 Å². The Kier molecular flexibility index (Phi) is 6.25. The number of guanidine groups is 1. The minimum Gasteiger partial charge on any atom is -0.378 e. The monoisotopic (exact) mass is 347 g/mol. The molecule has 11 heteroatoms. The lowest BCUT2D eigenvalue weighted by molar-refractivity contribution is 0.0660. The molecule has 2 fully saturated rings. The molecule has 2 rings (SSSR count). The van der Waals surface area contributed by atoms with Gasteiger partial charge in [0.2, 0.25) is 11.5 Å². The molecule has 0 saturated carbocycles. The molecule has 0 bridgehead atoms. The zero-order chi connectivity index (χ0) is 16.9. The van der Waals surface area contributed by atoms with Crippen LogP contribution in [0.15, 0.2) is 9.98 Å². The normalized spacial score (nSPS) is 21.5. The van der Waals surface area contributed by atoms with Gasteiger partial charge in [-0.2, -0.15) is 4.99 Å². The Bertz CT molecular complexity index is 534. The maximum absolute atomic E-state index is 11.2. The smallest absolute Gasteiger partial charge is 0.378 e. The number of nitrogens with zero attached hydrogens (tertiary/aromatic N) is 4. The van der Waals surface area contributed by atoms with Crippen LogP contribution in [0.5, 0.6) is 0 Å². The maximum atomic E-state index is 11.2. The molecule has 0 atom stereocenters. The summed E-state index contributed by atoms with van der Waals surface area (Å²) in [5, 5.41) is 7.47. The van der Waals surface area contributed by atoms with Gasteiger partial charge in [0.1, 0.15) is 5.84 Å². The van der Waals surface area contributed by atoms with Crippen molar-refractivity contribution in [1.82, 2.24) is 9.80 Å². The Hall–Kier alpha value is -1.32. The molecule has 0 radical (unpaired) electrons. The van der Waals surface area contributed by atoms with Crippen molar-refractivity contribution in [1.29, 1.82) is 5.41 Å². The van der Waals surface area contributed by atoms with Gasteiger partial charge in [-0.05, 0) is 6.92 Å². The van der Waals surface area contributed by atoms with Crippen LogP contribution >= 0.6 is 7.60 Å². The number of ether oxygens (including phenoxy) is 2. The summed E-state index contributed by atoms with van der Waals surface area (Å²) in [5.74, 6) is 0.808. The van der Waals surface area contributed by atoms with Gasteiger partial charge in [-0.25, -0.2) is 4.99 Å². The molecule has 0 aromatic rings. The van der Waals surface area contributed by atoms with Crippen LogP contribution in [0.3, 0.4) is 0 Å². The third-order valence-corrected chi connectivity index (χ3v) is 4.16. The van der Waals surface area contributed by atoms with E-state index in [1.165, 1.54) is 0 Å². The number of hydrogen-bond donors (Lipinski definition) is 3. The van der Waals surface area contributed by atoms with Gasteiger partial charge in [-0.15, -0.1) is 0 Å². The fourth-order valence-corrected chi connectivity index (χ4v) is 2.41. The SMILES string of the molecule is CC(=NC(=NC(=N)P(=O)(O)O)N1CCOCC1)N1CCOCC1. The van der Waals surface area contributed by atoms with E-state index in [-0.39, 0.29) is 5.96 Å². The number of amidine groups is 2. The van der Waals surface area contributed by atoms with E-state index in [1.54, 1.807) is 4.90 Å². The number of morpholine rings is 2. The molecule has 0 spiro atoms. The summed E-state index contributed by atoms with van der Waals surface area (Å²) < 4.78 is 21.7. The number of rotatable bonds is 1. The quantitative estimate of drug-likeness (QED) is 0.332. The topological polar surface area (TPSA) is 131 Å². The van der Waals surface area contributed by atoms with Crippen LogP contribution in [0.1, 0.15) is 6.92 Å². The maximum Gasteiger partial charge on any atom is 0.392 e. The molecule has 0 unspecified atom stereocenters. The van der Waals surface area contributed by atoms with Crippen molar-refractivity contribution in [3.63, 3.8) is 0 Å². The molecule has 3 N–H and O–H groups in total. The lowest BCUT2D eigenvalue weighted by Gasteiger charge is -2.31. The summed E-state index contributed by atoms with van der Waals surface area (Å²) in [6.07, 6.45) is 0. The van der Waals surface area contributed by atoms with Crippen LogP contribution in [0.2, 0.25) is 0 Å². The highest BCUT2D eigenvalue weighted by atomic mass is 31.2. The lowest BCUT2D eigenvalue weighted by atomic mass is 10.4. The second-order valence-electron chi connectivity index (χ2n) is 5.14. The van der Waals surface area contributed by atoms with Crippen molar-refractivity contribution in [2.24, 2.45) is 9.98 Å². The second-order valence-corrected chi connectivity index (χ2v) is 6.65. The molecular weight excluding hydrogens is 325 g/mol. The lowest BCUT2D eigenvalue weighted by Crippen LogP contribution is -2.43. The Morgan fingerprint density at radius 3 is 1.96 bits per heavy atom. The summed E-state index contributed by atoms with van der Waals surface area (Å²) in [4.78, 5) is 30.1. The molecular formula is C12H22N5O5P. The standard InChI is InChI=1S/C12H22N5O5P/c1-10(16-2-6-21-7-3-16)14-12(15-11(13)23(18,19)20)17-4-8-22-9-5-17/h13H,2-9H2,1H3,(H2,18,19,20). The number of hydrogen-bond acceptors (Lipinski definition) is 4. The summed E-state index contributed by atoms with van der Waals surface area (Å²) >= 11 is 0. The zero-order valence-electron chi connectivity index (χ0n) is 13.0. The average molecular weight is 347 g/mol. The van der Waals surface area contributed by atoms with Crippen molar-refractivity contribution in [2.45, 2.75) is 6.92 Å². The number of aliphatic imine (C=N–C) groups is 2. The first kappa shape index (κ1) is 18.0. The molecule has 0 amide bonds. The summed E-state index contributed by atoms with van der Waals surface area (Å²) in [6, 6.07) is 0. The van der Waals surface area contributed by atoms with Gasteiger partial charge in [0.25, 0.3) is 0 Å². The second kappa shape index (κ2) is 7.98. The van der Waals surface area contributed by atoms with Crippen molar-refractivity contribution in [3.8, 4) is 0 Å². The first-order chi connectivity index (χ1) is 10.9. The summed E-state index contributed by atoms with van der Waals surface area (Å²) in [6.45, 7) is 6.39. The first-order valence-corrected chi connectivity index (χ1v) is 8.93. The summed E-state index contributed by atoms with van der Waals surface area (Å²) in [5.41, 5.74) is -0.988. The highest BCUT2D eigenvalue weighted by molar-refractivity contribution is 7.70. The van der Waals surface area contributed by atoms with Crippen LogP contribution in [0.25, 0.3) is 0 Å². The molecule has 130 valence electrons. The minimum absolute atomic E-state index is 0.130. The van der Waals surface area contributed by atoms with Crippen molar-refractivity contribution < 1.29 is 23.8 Å². The molecule has 2 aliphatic heterocycles. The predicted molar refractivity (Wildman–Crippen MR) is 85.1 cm³/mol. The number of nitrogens with one attached hydrogen (secondary N) is 1. The van der Waals surface area contributed by atoms with E-state index in [0.717, 1.165) is 0 Å². The van der Waals surface area contributed by atoms with Crippen LogP contribution in [-0.4, -0.2) is 89.6 Å². The zero-order valence-corrected chi connectivity index (χ0v) is 13.9. The van der Waals surface area contributed by atoms with Gasteiger partial charge < -0.3 is 29.1 Å². The third kappa shape index (κ3) is 5.36. The fourth-order valence-electron chi connectivity index (χ4n) is 2.19. The van der Waals surface area contributed by atoms with Gasteiger partial charge >= 0.3 is 7.60 Å². The highest BCUT2D eigenvalue weighted by Crippen LogP contribution is 2.36. The van der Waals surface area contributed by atoms with Crippen LogP contribution in [0, 0.1) is 5.41 Å². The Morgan fingerprint density at radius 2 is 1.48 bits per heavy atom. The fraction of sp³-hybridized carbons (Fsp3) is 0.750. The third-order valence-electron chi connectivity index (χ3n) is 3.51. The van der Waals surface area contributed by atoms with Gasteiger partial charge in [-0.3, -0.25) is 9.97 Å². The highest BCUT2D eigenvalue weighted by Gasteiger charge is 2.24. The van der Waals surface area contributed by atoms with Crippen molar-refractivity contribution in [2.75, 3.05) is 52.6 Å². The van der Waals surface area contributed by atoms with Crippen LogP contribution in [-0.2, 0) is 14.0 Å². The summed E-state index contributed by atoms with van der Waals surface area (Å²) in [7, 11) is -4.70. The van der Waals surface area contributed by atoms with Gasteiger partial charge in [0.05, 0.1) is 26.4 Å². The van der Waals surface area contributed by atoms with E-state index in [4.69, 9.17) is 24.7 Å². The minimum atomic E-state index is -4.70. The predicted octanol–water partition coefficient (Wildman–Crippen LogP) is -0.462. The van der Waals surface area contributed by atoms with E-state index in [2.05, 4.69) is 9.98 Å². The molecule has 2 aliphatic rings. The van der Waals surface area contributed by atoms with Crippen LogP contribution < -0.4 is 0 Å². The Balaban J connectivity index is 2.23. The molecule has 0 aliphatic carbocycles. The molecule has 10 nitrogen and oxygen atoms in total. The molecule has 2 heterocycles. The molecule has 23 heavy (non-hydrogen) atoms. The van der Waals surface area contributed by atoms with E-state index in [1.807, 2.05) is 11.8 Å². The van der Waals surface area contributed by atoms with Gasteiger partial charge in [0.15, 0.2) is 0 Å².